The van der Waals surface area contributed by atoms with Crippen molar-refractivity contribution in [2.45, 2.75) is 19.4 Å². The predicted molar refractivity (Wildman–Crippen MR) is 86.3 cm³/mol. The molecule has 0 aliphatic carbocycles. The lowest BCUT2D eigenvalue weighted by atomic mass is 10.2. The van der Waals surface area contributed by atoms with E-state index in [0.717, 1.165) is 4.70 Å². The van der Waals surface area contributed by atoms with E-state index >= 15 is 0 Å². The minimum absolute atomic E-state index is 0. The van der Waals surface area contributed by atoms with Gasteiger partial charge in [-0.25, -0.2) is 0 Å². The number of carbonyl (C=O) groups is 1. The summed E-state index contributed by atoms with van der Waals surface area (Å²) >= 11 is 1.32. The summed E-state index contributed by atoms with van der Waals surface area (Å²) in [5.41, 5.74) is 5.64. The van der Waals surface area contributed by atoms with Crippen LogP contribution in [0.3, 0.4) is 0 Å². The zero-order chi connectivity index (χ0) is 14.7. The number of halogens is 1. The fraction of sp³-hybridized carbons (Fsp3) is 0.308. The molecule has 6 nitrogen and oxygen atoms in total. The van der Waals surface area contributed by atoms with Crippen molar-refractivity contribution in [1.29, 1.82) is 0 Å². The molecule has 1 aromatic heterocycles. The first kappa shape index (κ1) is 17.4. The Kier molecular flexibility index (Phi) is 6.07. The van der Waals surface area contributed by atoms with Crippen molar-refractivity contribution in [3.63, 3.8) is 0 Å². The molecule has 0 saturated carbocycles. The number of thiophene rings is 1. The zero-order valence-electron chi connectivity index (χ0n) is 11.4. The molecule has 0 spiro atoms. The molecule has 0 bridgehead atoms. The van der Waals surface area contributed by atoms with Gasteiger partial charge in [-0.3, -0.25) is 14.9 Å². The molecule has 0 saturated heterocycles. The number of nitro groups is 1. The lowest BCUT2D eigenvalue weighted by Gasteiger charge is -2.05. The lowest BCUT2D eigenvalue weighted by Crippen LogP contribution is -2.28. The highest BCUT2D eigenvalue weighted by Crippen LogP contribution is 2.28. The van der Waals surface area contributed by atoms with Crippen molar-refractivity contribution in [3.8, 4) is 0 Å². The van der Waals surface area contributed by atoms with Crippen molar-refractivity contribution in [3.05, 3.63) is 39.3 Å². The molecule has 0 aliphatic rings. The quantitative estimate of drug-likeness (QED) is 0.650. The average Bonchev–Trinajstić information content (AvgIpc) is 2.80. The van der Waals surface area contributed by atoms with Crippen LogP contribution in [-0.4, -0.2) is 23.4 Å². The van der Waals surface area contributed by atoms with E-state index in [-0.39, 0.29) is 30.0 Å². The van der Waals surface area contributed by atoms with E-state index in [1.807, 2.05) is 6.92 Å². The van der Waals surface area contributed by atoms with E-state index < -0.39 is 4.92 Å². The summed E-state index contributed by atoms with van der Waals surface area (Å²) < 4.78 is 0.855. The number of benzene rings is 1. The molecule has 0 fully saturated rings. The van der Waals surface area contributed by atoms with Gasteiger partial charge in [-0.1, -0.05) is 0 Å². The van der Waals surface area contributed by atoms with Crippen LogP contribution >= 0.6 is 23.7 Å². The maximum absolute atomic E-state index is 11.9. The van der Waals surface area contributed by atoms with Gasteiger partial charge in [0.1, 0.15) is 0 Å². The highest BCUT2D eigenvalue weighted by molar-refractivity contribution is 7.20. The summed E-state index contributed by atoms with van der Waals surface area (Å²) in [4.78, 5) is 22.7. The monoisotopic (exact) mass is 329 g/mol. The van der Waals surface area contributed by atoms with Crippen LogP contribution in [0.2, 0.25) is 0 Å². The summed E-state index contributed by atoms with van der Waals surface area (Å²) in [7, 11) is 0. The number of amides is 1. The van der Waals surface area contributed by atoms with E-state index in [0.29, 0.717) is 23.2 Å². The molecular weight excluding hydrogens is 314 g/mol. The molecule has 21 heavy (non-hydrogen) atoms. The highest BCUT2D eigenvalue weighted by Gasteiger charge is 2.13. The fourth-order valence-electron chi connectivity index (χ4n) is 1.76. The summed E-state index contributed by atoms with van der Waals surface area (Å²) in [6, 6.07) is 6.30. The Balaban J connectivity index is 0.00000220. The number of nitrogens with two attached hydrogens (primary N) is 1. The maximum Gasteiger partial charge on any atom is 0.270 e. The summed E-state index contributed by atoms with van der Waals surface area (Å²) in [6.45, 7) is 2.40. The Morgan fingerprint density at radius 3 is 2.81 bits per heavy atom. The van der Waals surface area contributed by atoms with Crippen LogP contribution in [-0.2, 0) is 0 Å². The number of hydrogen-bond donors (Lipinski definition) is 2. The lowest BCUT2D eigenvalue weighted by molar-refractivity contribution is -0.384. The van der Waals surface area contributed by atoms with Crippen molar-refractivity contribution in [2.24, 2.45) is 5.73 Å². The van der Waals surface area contributed by atoms with Gasteiger partial charge in [-0.15, -0.1) is 23.7 Å². The van der Waals surface area contributed by atoms with Crippen molar-refractivity contribution < 1.29 is 9.72 Å². The van der Waals surface area contributed by atoms with Crippen LogP contribution in [0, 0.1) is 10.1 Å². The number of fused-ring (bicyclic) bond motifs is 1. The molecule has 1 amide bonds. The first-order valence-corrected chi connectivity index (χ1v) is 7.01. The first-order valence-electron chi connectivity index (χ1n) is 6.19. The number of nitro benzene ring substituents is 1. The zero-order valence-corrected chi connectivity index (χ0v) is 13.0. The van der Waals surface area contributed by atoms with E-state index in [2.05, 4.69) is 5.32 Å². The summed E-state index contributed by atoms with van der Waals surface area (Å²) in [5.74, 6) is -0.172. The number of nitrogens with one attached hydrogen (secondary N) is 1. The second kappa shape index (κ2) is 7.35. The third-order valence-corrected chi connectivity index (χ3v) is 3.93. The molecule has 1 heterocycles. The molecule has 3 N–H and O–H groups in total. The second-order valence-corrected chi connectivity index (χ2v) is 5.70. The molecule has 0 aliphatic heterocycles. The van der Waals surface area contributed by atoms with Gasteiger partial charge in [0.05, 0.1) is 9.80 Å². The van der Waals surface area contributed by atoms with Gasteiger partial charge in [0, 0.05) is 34.8 Å². The Labute approximate surface area is 131 Å². The second-order valence-electron chi connectivity index (χ2n) is 4.61. The van der Waals surface area contributed by atoms with Crippen LogP contribution < -0.4 is 11.1 Å². The smallest absolute Gasteiger partial charge is 0.270 e. The normalized spacial score (nSPS) is 11.7. The number of rotatable bonds is 5. The van der Waals surface area contributed by atoms with Gasteiger partial charge >= 0.3 is 0 Å². The van der Waals surface area contributed by atoms with Crippen LogP contribution in [0.1, 0.15) is 23.0 Å². The number of carbonyl (C=O) groups excluding carboxylic acids is 1. The minimum Gasteiger partial charge on any atom is -0.351 e. The average molecular weight is 330 g/mol. The maximum atomic E-state index is 11.9. The van der Waals surface area contributed by atoms with Crippen molar-refractivity contribution >= 4 is 45.4 Å². The SMILES string of the molecule is CC(N)CCNC(=O)c1cc2cc([N+](=O)[O-])ccc2s1.Cl. The fourth-order valence-corrected chi connectivity index (χ4v) is 2.72. The van der Waals surface area contributed by atoms with E-state index in [1.54, 1.807) is 12.1 Å². The molecule has 1 unspecified atom stereocenters. The molecule has 0 radical (unpaired) electrons. The number of hydrogen-bond acceptors (Lipinski definition) is 5. The molecule has 1 atom stereocenters. The molecule has 1 aromatic carbocycles. The van der Waals surface area contributed by atoms with E-state index in [9.17, 15) is 14.9 Å². The largest absolute Gasteiger partial charge is 0.351 e. The third kappa shape index (κ3) is 4.38. The summed E-state index contributed by atoms with van der Waals surface area (Å²) in [6.07, 6.45) is 0.710. The topological polar surface area (TPSA) is 98.3 Å². The van der Waals surface area contributed by atoms with Gasteiger partial charge < -0.3 is 11.1 Å². The van der Waals surface area contributed by atoms with E-state index in [1.165, 1.54) is 23.5 Å². The van der Waals surface area contributed by atoms with Gasteiger partial charge in [0.15, 0.2) is 0 Å². The molecule has 8 heteroatoms. The first-order chi connectivity index (χ1) is 9.47. The predicted octanol–water partition coefficient (Wildman–Crippen LogP) is 2.70. The van der Waals surface area contributed by atoms with Gasteiger partial charge in [0.2, 0.25) is 0 Å². The van der Waals surface area contributed by atoms with Crippen molar-refractivity contribution in [1.82, 2.24) is 5.32 Å². The van der Waals surface area contributed by atoms with E-state index in [4.69, 9.17) is 5.73 Å². The Morgan fingerprint density at radius 1 is 1.48 bits per heavy atom. The van der Waals surface area contributed by atoms with Gasteiger partial charge in [0.25, 0.3) is 11.6 Å². The Morgan fingerprint density at radius 2 is 2.19 bits per heavy atom. The van der Waals surface area contributed by atoms with Crippen molar-refractivity contribution in [2.75, 3.05) is 6.54 Å². The number of non-ortho nitro benzene ring substituents is 1. The standard InChI is InChI=1S/C13H15N3O3S.ClH/c1-8(14)4-5-15-13(17)12-7-9-6-10(16(18)19)2-3-11(9)20-12;/h2-3,6-8H,4-5,14H2,1H3,(H,15,17);1H. The third-order valence-electron chi connectivity index (χ3n) is 2.82. The Hall–Kier alpha value is -1.70. The molecular formula is C13H16ClN3O3S. The Bertz CT molecular complexity index is 657. The van der Waals surface area contributed by atoms with Crippen LogP contribution in [0.4, 0.5) is 5.69 Å². The van der Waals surface area contributed by atoms with Crippen LogP contribution in [0.25, 0.3) is 10.1 Å². The van der Waals surface area contributed by atoms with Gasteiger partial charge in [-0.2, -0.15) is 0 Å². The minimum atomic E-state index is -0.445. The molecule has 2 rings (SSSR count). The van der Waals surface area contributed by atoms with Gasteiger partial charge in [-0.05, 0) is 25.5 Å². The van der Waals surface area contributed by atoms with Crippen LogP contribution in [0.5, 0.6) is 0 Å². The van der Waals surface area contributed by atoms with Crippen LogP contribution in [0.15, 0.2) is 24.3 Å². The highest BCUT2D eigenvalue weighted by atomic mass is 35.5. The molecule has 2 aromatic rings. The molecule has 114 valence electrons. The number of nitrogens with zero attached hydrogens (tertiary/aromatic N) is 1. The summed E-state index contributed by atoms with van der Waals surface area (Å²) in [5, 5.41) is 14.2.